The summed E-state index contributed by atoms with van der Waals surface area (Å²) >= 11 is 0. The number of carbonyl (C=O) groups is 2. The van der Waals surface area contributed by atoms with Crippen molar-refractivity contribution in [2.45, 2.75) is 19.0 Å². The fourth-order valence-electron chi connectivity index (χ4n) is 3.89. The molecule has 0 saturated carbocycles. The van der Waals surface area contributed by atoms with Crippen LogP contribution in [0.25, 0.3) is 11.2 Å². The third-order valence-electron chi connectivity index (χ3n) is 5.48. The second-order valence-corrected chi connectivity index (χ2v) is 7.39. The van der Waals surface area contributed by atoms with Crippen molar-refractivity contribution in [2.24, 2.45) is 0 Å². The second kappa shape index (κ2) is 7.14. The van der Waals surface area contributed by atoms with Gasteiger partial charge in [-0.25, -0.2) is 9.97 Å². The van der Waals surface area contributed by atoms with Crippen molar-refractivity contribution < 1.29 is 9.59 Å². The first-order valence-corrected chi connectivity index (χ1v) is 9.62. The molecule has 1 fully saturated rings. The summed E-state index contributed by atoms with van der Waals surface area (Å²) in [5.74, 6) is -0.323. The molecule has 0 spiro atoms. The standard InChI is InChI=1S/C20H20N8O2/c1-12-6-21-8-14(12)20(30)27-9-16(17(10-27)28-4-2-3-25-28)26-19(29)13-5-15-18(22-7-13)24-11-23-15/h2-8,11,16-17,21H,9-10H2,1H3,(H,26,29)(H,22,23,24)/t16-,17+/m1/s1. The Morgan fingerprint density at radius 3 is 2.90 bits per heavy atom. The molecule has 4 aromatic heterocycles. The summed E-state index contributed by atoms with van der Waals surface area (Å²) in [5, 5.41) is 7.39. The molecule has 2 atom stereocenters. The summed E-state index contributed by atoms with van der Waals surface area (Å²) in [5.41, 5.74) is 3.20. The molecule has 5 heterocycles. The molecule has 0 radical (unpaired) electrons. The number of fused-ring (bicyclic) bond motifs is 1. The lowest BCUT2D eigenvalue weighted by molar-refractivity contribution is 0.0780. The number of amides is 2. The van der Waals surface area contributed by atoms with E-state index in [2.05, 4.69) is 30.4 Å². The van der Waals surface area contributed by atoms with E-state index in [9.17, 15) is 9.59 Å². The van der Waals surface area contributed by atoms with Gasteiger partial charge in [0.05, 0.1) is 35.1 Å². The second-order valence-electron chi connectivity index (χ2n) is 7.39. The lowest BCUT2D eigenvalue weighted by Crippen LogP contribution is -2.41. The smallest absolute Gasteiger partial charge is 0.255 e. The predicted octanol–water partition coefficient (Wildman–Crippen LogP) is 1.29. The topological polar surface area (TPSA) is 125 Å². The molecule has 0 bridgehead atoms. The van der Waals surface area contributed by atoms with Gasteiger partial charge in [-0.3, -0.25) is 14.3 Å². The van der Waals surface area contributed by atoms with E-state index < -0.39 is 0 Å². The molecule has 0 unspecified atom stereocenters. The van der Waals surface area contributed by atoms with Crippen LogP contribution in [0.15, 0.2) is 49.4 Å². The summed E-state index contributed by atoms with van der Waals surface area (Å²) in [6.07, 6.45) is 10.1. The monoisotopic (exact) mass is 404 g/mol. The third-order valence-corrected chi connectivity index (χ3v) is 5.48. The van der Waals surface area contributed by atoms with Crippen LogP contribution in [0.1, 0.15) is 32.3 Å². The Bertz CT molecular complexity index is 1210. The van der Waals surface area contributed by atoms with Gasteiger partial charge in [0.2, 0.25) is 0 Å². The van der Waals surface area contributed by atoms with Crippen molar-refractivity contribution in [1.29, 1.82) is 0 Å². The lowest BCUT2D eigenvalue weighted by atomic mass is 10.1. The number of nitrogens with one attached hydrogen (secondary N) is 3. The average Bonchev–Trinajstić information content (AvgIpc) is 3.52. The number of aryl methyl sites for hydroxylation is 1. The average molecular weight is 404 g/mol. The SMILES string of the molecule is Cc1c[nH]cc1C(=O)N1C[C@@H](NC(=O)c2cnc3nc[nH]c3c2)[C@@H](n2cccn2)C1. The van der Waals surface area contributed by atoms with Crippen molar-refractivity contribution in [3.05, 3.63) is 66.1 Å². The number of nitrogens with zero attached hydrogens (tertiary/aromatic N) is 5. The van der Waals surface area contributed by atoms with Crippen LogP contribution in [0.5, 0.6) is 0 Å². The van der Waals surface area contributed by atoms with Crippen LogP contribution in [-0.4, -0.2) is 65.6 Å². The summed E-state index contributed by atoms with van der Waals surface area (Å²) < 4.78 is 1.79. The van der Waals surface area contributed by atoms with Gasteiger partial charge in [0.1, 0.15) is 0 Å². The van der Waals surface area contributed by atoms with Crippen molar-refractivity contribution in [2.75, 3.05) is 13.1 Å². The number of pyridine rings is 1. The predicted molar refractivity (Wildman–Crippen MR) is 108 cm³/mol. The number of hydrogen-bond donors (Lipinski definition) is 3. The summed E-state index contributed by atoms with van der Waals surface area (Å²) in [6, 6.07) is 3.08. The number of H-pyrrole nitrogens is 2. The maximum Gasteiger partial charge on any atom is 0.255 e. The Morgan fingerprint density at radius 2 is 2.13 bits per heavy atom. The van der Waals surface area contributed by atoms with E-state index in [0.717, 1.165) is 5.56 Å². The van der Waals surface area contributed by atoms with E-state index in [1.807, 2.05) is 19.2 Å². The Hall–Kier alpha value is -3.95. The summed E-state index contributed by atoms with van der Waals surface area (Å²) in [4.78, 5) is 41.9. The first-order chi connectivity index (χ1) is 14.6. The van der Waals surface area contributed by atoms with Crippen LogP contribution < -0.4 is 5.32 Å². The van der Waals surface area contributed by atoms with Gasteiger partial charge in [0, 0.05) is 44.1 Å². The zero-order valence-electron chi connectivity index (χ0n) is 16.2. The Kier molecular flexibility index (Phi) is 4.31. The number of hydrogen-bond acceptors (Lipinski definition) is 5. The molecule has 5 rings (SSSR count). The van der Waals surface area contributed by atoms with E-state index in [0.29, 0.717) is 35.4 Å². The highest BCUT2D eigenvalue weighted by Gasteiger charge is 2.38. The molecule has 3 N–H and O–H groups in total. The van der Waals surface area contributed by atoms with Crippen LogP contribution in [0.4, 0.5) is 0 Å². The highest BCUT2D eigenvalue weighted by molar-refractivity contribution is 5.97. The molecule has 1 saturated heterocycles. The Labute approximate surface area is 171 Å². The van der Waals surface area contributed by atoms with E-state index in [1.165, 1.54) is 12.5 Å². The van der Waals surface area contributed by atoms with Crippen LogP contribution in [0, 0.1) is 6.92 Å². The maximum atomic E-state index is 13.0. The van der Waals surface area contributed by atoms with Gasteiger partial charge < -0.3 is 20.2 Å². The van der Waals surface area contributed by atoms with Gasteiger partial charge in [-0.05, 0) is 24.6 Å². The number of aromatic amines is 2. The largest absolute Gasteiger partial charge is 0.367 e. The van der Waals surface area contributed by atoms with E-state index in [4.69, 9.17) is 0 Å². The Balaban J connectivity index is 1.39. The van der Waals surface area contributed by atoms with Crippen LogP contribution in [0.3, 0.4) is 0 Å². The molecule has 2 amide bonds. The number of aromatic nitrogens is 6. The zero-order chi connectivity index (χ0) is 20.7. The highest BCUT2D eigenvalue weighted by atomic mass is 16.2. The highest BCUT2D eigenvalue weighted by Crippen LogP contribution is 2.24. The molecule has 10 nitrogen and oxygen atoms in total. The quantitative estimate of drug-likeness (QED) is 0.473. The first kappa shape index (κ1) is 18.1. The van der Waals surface area contributed by atoms with Crippen LogP contribution >= 0.6 is 0 Å². The van der Waals surface area contributed by atoms with Crippen molar-refractivity contribution in [3.8, 4) is 0 Å². The van der Waals surface area contributed by atoms with Gasteiger partial charge in [-0.2, -0.15) is 5.10 Å². The molecular formula is C20H20N8O2. The van der Waals surface area contributed by atoms with E-state index >= 15 is 0 Å². The normalized spacial score (nSPS) is 18.8. The fourth-order valence-corrected chi connectivity index (χ4v) is 3.89. The summed E-state index contributed by atoms with van der Waals surface area (Å²) in [7, 11) is 0. The molecular weight excluding hydrogens is 384 g/mol. The van der Waals surface area contributed by atoms with Crippen LogP contribution in [0.2, 0.25) is 0 Å². The van der Waals surface area contributed by atoms with Gasteiger partial charge in [0.25, 0.3) is 11.8 Å². The molecule has 30 heavy (non-hydrogen) atoms. The van der Waals surface area contributed by atoms with Gasteiger partial charge >= 0.3 is 0 Å². The number of imidazole rings is 1. The van der Waals surface area contributed by atoms with Gasteiger partial charge in [-0.1, -0.05) is 0 Å². The molecule has 0 aromatic carbocycles. The molecule has 4 aromatic rings. The first-order valence-electron chi connectivity index (χ1n) is 9.62. The van der Waals surface area contributed by atoms with Crippen LogP contribution in [-0.2, 0) is 0 Å². The molecule has 152 valence electrons. The van der Waals surface area contributed by atoms with E-state index in [-0.39, 0.29) is 23.9 Å². The minimum Gasteiger partial charge on any atom is -0.367 e. The van der Waals surface area contributed by atoms with Gasteiger partial charge in [0.15, 0.2) is 5.65 Å². The minimum atomic E-state index is -0.293. The lowest BCUT2D eigenvalue weighted by Gasteiger charge is -2.19. The molecule has 1 aliphatic rings. The van der Waals surface area contributed by atoms with Gasteiger partial charge in [-0.15, -0.1) is 0 Å². The molecule has 10 heteroatoms. The summed E-state index contributed by atoms with van der Waals surface area (Å²) in [6.45, 7) is 2.73. The maximum absolute atomic E-state index is 13.0. The Morgan fingerprint density at radius 1 is 1.23 bits per heavy atom. The molecule has 1 aliphatic heterocycles. The van der Waals surface area contributed by atoms with Crippen molar-refractivity contribution in [1.82, 2.24) is 39.9 Å². The minimum absolute atomic E-state index is 0.0665. The third kappa shape index (κ3) is 3.11. The van der Waals surface area contributed by atoms with E-state index in [1.54, 1.807) is 34.2 Å². The van der Waals surface area contributed by atoms with Crippen molar-refractivity contribution >= 4 is 23.0 Å². The van der Waals surface area contributed by atoms with Crippen molar-refractivity contribution in [3.63, 3.8) is 0 Å². The zero-order valence-corrected chi connectivity index (χ0v) is 16.2. The fraction of sp³-hybridized carbons (Fsp3) is 0.250. The molecule has 0 aliphatic carbocycles. The number of carbonyl (C=O) groups excluding carboxylic acids is 2. The number of rotatable bonds is 4. The number of likely N-dealkylation sites (tertiary alicyclic amines) is 1.